The molecule has 0 aliphatic carbocycles. The number of hydrogen-bond donors (Lipinski definition) is 1. The molecule has 6 heteroatoms. The number of fused-ring (bicyclic) bond motifs is 1. The predicted molar refractivity (Wildman–Crippen MR) is 71.5 cm³/mol. The van der Waals surface area contributed by atoms with Gasteiger partial charge in [0.05, 0.1) is 17.9 Å². The minimum atomic E-state index is -3.56. The van der Waals surface area contributed by atoms with Crippen molar-refractivity contribution in [1.82, 2.24) is 4.72 Å². The Morgan fingerprint density at radius 3 is 2.63 bits per heavy atom. The average molecular weight is 283 g/mol. The van der Waals surface area contributed by atoms with Crippen molar-refractivity contribution < 1.29 is 17.9 Å². The third-order valence-electron chi connectivity index (χ3n) is 2.59. The zero-order valence-corrected chi connectivity index (χ0v) is 12.0. The lowest BCUT2D eigenvalue weighted by molar-refractivity contribution is 0.0971. The van der Waals surface area contributed by atoms with Crippen molar-refractivity contribution in [3.8, 4) is 5.75 Å². The van der Waals surface area contributed by atoms with Gasteiger partial charge in [0, 0.05) is 0 Å². The minimum Gasteiger partial charge on any atom is -0.492 e. The molecule has 0 unspecified atom stereocenters. The molecule has 2 rings (SSSR count). The molecule has 1 amide bonds. The van der Waals surface area contributed by atoms with E-state index < -0.39 is 15.9 Å². The summed E-state index contributed by atoms with van der Waals surface area (Å²) in [6.45, 7) is 6.51. The number of hydrogen-bond acceptors (Lipinski definition) is 4. The van der Waals surface area contributed by atoms with Crippen molar-refractivity contribution in [1.29, 1.82) is 0 Å². The fourth-order valence-corrected chi connectivity index (χ4v) is 2.91. The second kappa shape index (κ2) is 4.52. The maximum atomic E-state index is 11.9. The van der Waals surface area contributed by atoms with E-state index in [9.17, 15) is 13.2 Å². The van der Waals surface area contributed by atoms with Crippen LogP contribution >= 0.6 is 0 Å². The Labute approximate surface area is 113 Å². The summed E-state index contributed by atoms with van der Waals surface area (Å²) in [6.07, 6.45) is 0. The van der Waals surface area contributed by atoms with Crippen LogP contribution in [-0.4, -0.2) is 20.9 Å². The van der Waals surface area contributed by atoms with Gasteiger partial charge in [-0.25, -0.2) is 13.1 Å². The van der Waals surface area contributed by atoms with E-state index in [4.69, 9.17) is 4.74 Å². The van der Waals surface area contributed by atoms with Gasteiger partial charge >= 0.3 is 0 Å². The Bertz CT molecular complexity index is 614. The van der Waals surface area contributed by atoms with Gasteiger partial charge in [0.15, 0.2) is 0 Å². The van der Waals surface area contributed by atoms with Gasteiger partial charge in [0.1, 0.15) is 5.75 Å². The van der Waals surface area contributed by atoms with Gasteiger partial charge in [-0.3, -0.25) is 4.79 Å². The number of ether oxygens (including phenoxy) is 1. The molecule has 1 aromatic rings. The quantitative estimate of drug-likeness (QED) is 0.896. The lowest BCUT2D eigenvalue weighted by atomic mass is 9.98. The van der Waals surface area contributed by atoms with Crippen LogP contribution in [0.4, 0.5) is 0 Å². The lowest BCUT2D eigenvalue weighted by Gasteiger charge is -2.23. The Balaban J connectivity index is 2.36. The molecule has 0 saturated carbocycles. The van der Waals surface area contributed by atoms with E-state index in [1.54, 1.807) is 18.2 Å². The first-order valence-electron chi connectivity index (χ1n) is 5.97. The molecule has 19 heavy (non-hydrogen) atoms. The summed E-state index contributed by atoms with van der Waals surface area (Å²) in [5.74, 6) is -0.383. The van der Waals surface area contributed by atoms with Gasteiger partial charge < -0.3 is 4.74 Å². The molecule has 5 nitrogen and oxygen atoms in total. The van der Waals surface area contributed by atoms with Crippen molar-refractivity contribution in [3.05, 3.63) is 29.3 Å². The van der Waals surface area contributed by atoms with Crippen LogP contribution in [0.5, 0.6) is 5.75 Å². The first-order chi connectivity index (χ1) is 8.68. The molecule has 0 bridgehead atoms. The maximum absolute atomic E-state index is 11.9. The third-order valence-corrected chi connectivity index (χ3v) is 3.78. The molecule has 0 aromatic heterocycles. The summed E-state index contributed by atoms with van der Waals surface area (Å²) >= 11 is 0. The first kappa shape index (κ1) is 13.9. The van der Waals surface area contributed by atoms with Crippen LogP contribution in [0.1, 0.15) is 36.7 Å². The molecule has 0 atom stereocenters. The van der Waals surface area contributed by atoms with Crippen molar-refractivity contribution in [2.75, 3.05) is 6.61 Å². The summed E-state index contributed by atoms with van der Waals surface area (Å²) in [7, 11) is -3.56. The summed E-state index contributed by atoms with van der Waals surface area (Å²) in [5.41, 5.74) is 0.761. The number of rotatable bonds is 2. The Kier molecular flexibility index (Phi) is 3.30. The highest BCUT2D eigenvalue weighted by atomic mass is 32.2. The van der Waals surface area contributed by atoms with Crippen molar-refractivity contribution in [2.24, 2.45) is 5.41 Å². The van der Waals surface area contributed by atoms with Gasteiger partial charge in [0.2, 0.25) is 10.0 Å². The number of benzene rings is 1. The number of carbonyl (C=O) groups excluding carboxylic acids is 1. The molecular formula is C13H17NO4S. The van der Waals surface area contributed by atoms with Gasteiger partial charge in [-0.15, -0.1) is 0 Å². The highest BCUT2D eigenvalue weighted by Crippen LogP contribution is 2.28. The molecule has 0 saturated heterocycles. The zero-order valence-electron chi connectivity index (χ0n) is 11.2. The fourth-order valence-electron chi connectivity index (χ4n) is 1.80. The summed E-state index contributed by atoms with van der Waals surface area (Å²) < 4.78 is 30.6. The number of sulfonamides is 1. The van der Waals surface area contributed by atoms with E-state index in [0.717, 1.165) is 0 Å². The van der Waals surface area contributed by atoms with Crippen LogP contribution in [0, 0.1) is 5.41 Å². The van der Waals surface area contributed by atoms with Crippen molar-refractivity contribution in [2.45, 2.75) is 26.5 Å². The van der Waals surface area contributed by atoms with E-state index in [-0.39, 0.29) is 11.2 Å². The molecule has 1 heterocycles. The van der Waals surface area contributed by atoms with E-state index >= 15 is 0 Å². The molecule has 0 radical (unpaired) electrons. The predicted octanol–water partition coefficient (Wildman–Crippen LogP) is 1.68. The van der Waals surface area contributed by atoms with E-state index in [0.29, 0.717) is 23.5 Å². The smallest absolute Gasteiger partial charge is 0.268 e. The van der Waals surface area contributed by atoms with E-state index in [1.165, 1.54) is 0 Å². The van der Waals surface area contributed by atoms with Gasteiger partial charge in [0.25, 0.3) is 5.91 Å². The van der Waals surface area contributed by atoms with Crippen LogP contribution in [-0.2, 0) is 15.8 Å². The molecule has 1 aliphatic rings. The first-order valence-corrected chi connectivity index (χ1v) is 7.63. The molecule has 0 fully saturated rings. The van der Waals surface area contributed by atoms with Gasteiger partial charge in [-0.05, 0) is 17.0 Å². The van der Waals surface area contributed by atoms with Crippen molar-refractivity contribution >= 4 is 15.9 Å². The second-order valence-corrected chi connectivity index (χ2v) is 7.55. The lowest BCUT2D eigenvalue weighted by Crippen LogP contribution is -2.37. The molecule has 1 N–H and O–H groups in total. The highest BCUT2D eigenvalue weighted by molar-refractivity contribution is 7.89. The number of nitrogens with one attached hydrogen (secondary N) is 1. The van der Waals surface area contributed by atoms with Crippen LogP contribution in [0.15, 0.2) is 18.2 Å². The third kappa shape index (κ3) is 3.26. The average Bonchev–Trinajstić information content (AvgIpc) is 2.22. The summed E-state index contributed by atoms with van der Waals surface area (Å²) in [5, 5.41) is 0. The topological polar surface area (TPSA) is 72.5 Å². The standard InChI is InChI=1S/C13H17NO4S/c1-13(2,3)8-18-10-6-4-5-9-7-19(16,17)14-12(15)11(9)10/h4-6H,7-8H2,1-3H3,(H,14,15). The van der Waals surface area contributed by atoms with Crippen LogP contribution in [0.3, 0.4) is 0 Å². The van der Waals surface area contributed by atoms with Crippen LogP contribution < -0.4 is 9.46 Å². The maximum Gasteiger partial charge on any atom is 0.268 e. The van der Waals surface area contributed by atoms with E-state index in [1.807, 2.05) is 25.5 Å². The summed E-state index contributed by atoms with van der Waals surface area (Å²) in [6, 6.07) is 5.02. The molecule has 104 valence electrons. The van der Waals surface area contributed by atoms with Crippen LogP contribution in [0.25, 0.3) is 0 Å². The molecule has 1 aliphatic heterocycles. The normalized spacial score (nSPS) is 17.5. The summed E-state index contributed by atoms with van der Waals surface area (Å²) in [4.78, 5) is 11.9. The second-order valence-electron chi connectivity index (χ2n) is 5.83. The van der Waals surface area contributed by atoms with E-state index in [2.05, 4.69) is 0 Å². The monoisotopic (exact) mass is 283 g/mol. The Hall–Kier alpha value is -1.56. The minimum absolute atomic E-state index is 0.0417. The SMILES string of the molecule is CC(C)(C)COc1cccc2c1C(=O)NS(=O)(=O)C2. The highest BCUT2D eigenvalue weighted by Gasteiger charge is 2.30. The number of carbonyl (C=O) groups is 1. The zero-order chi connectivity index (χ0) is 14.3. The Morgan fingerprint density at radius 1 is 1.32 bits per heavy atom. The molecule has 1 aromatic carbocycles. The van der Waals surface area contributed by atoms with Crippen molar-refractivity contribution in [3.63, 3.8) is 0 Å². The molecule has 0 spiro atoms. The van der Waals surface area contributed by atoms with Gasteiger partial charge in [-0.1, -0.05) is 32.9 Å². The number of amides is 1. The largest absolute Gasteiger partial charge is 0.492 e. The van der Waals surface area contributed by atoms with Gasteiger partial charge in [-0.2, -0.15) is 0 Å². The Morgan fingerprint density at radius 2 is 2.00 bits per heavy atom. The molecular weight excluding hydrogens is 266 g/mol. The van der Waals surface area contributed by atoms with Crippen LogP contribution in [0.2, 0.25) is 0 Å². The fraction of sp³-hybridized carbons (Fsp3) is 0.462.